The molecule has 0 spiro atoms. The number of aryl methyl sites for hydroxylation is 2. The number of fused-ring (bicyclic) bond motifs is 1. The second-order valence-corrected chi connectivity index (χ2v) is 8.10. The minimum Gasteiger partial charge on any atom is -0.360 e. The first-order valence-corrected chi connectivity index (χ1v) is 10.3. The summed E-state index contributed by atoms with van der Waals surface area (Å²) in [5.74, 6) is 1.14. The fourth-order valence-electron chi connectivity index (χ4n) is 4.42. The molecular formula is C22H30N4O2. The van der Waals surface area contributed by atoms with Crippen LogP contribution in [0.2, 0.25) is 0 Å². The smallest absolute Gasteiger partial charge is 0.237 e. The number of amides is 1. The van der Waals surface area contributed by atoms with Crippen LogP contribution in [0.25, 0.3) is 0 Å². The molecule has 1 aliphatic heterocycles. The molecule has 0 radical (unpaired) electrons. The lowest BCUT2D eigenvalue weighted by molar-refractivity contribution is -0.134. The van der Waals surface area contributed by atoms with Gasteiger partial charge in [0.15, 0.2) is 5.76 Å². The van der Waals surface area contributed by atoms with E-state index in [9.17, 15) is 4.79 Å². The Morgan fingerprint density at radius 2 is 1.96 bits per heavy atom. The highest BCUT2D eigenvalue weighted by Gasteiger charge is 2.28. The van der Waals surface area contributed by atoms with Gasteiger partial charge in [-0.1, -0.05) is 29.4 Å². The molecular weight excluding hydrogens is 352 g/mol. The van der Waals surface area contributed by atoms with Gasteiger partial charge in [-0.05, 0) is 37.3 Å². The van der Waals surface area contributed by atoms with Gasteiger partial charge < -0.3 is 9.42 Å². The SMILES string of the molecule is Cc1cc(CN2CCN(CC(=O)N(C)C3CCCc4ccccc43)CC2)on1. The topological polar surface area (TPSA) is 52.8 Å². The van der Waals surface area contributed by atoms with Gasteiger partial charge >= 0.3 is 0 Å². The average molecular weight is 383 g/mol. The third-order valence-corrected chi connectivity index (χ3v) is 6.08. The summed E-state index contributed by atoms with van der Waals surface area (Å²) in [4.78, 5) is 19.6. The molecule has 2 heterocycles. The zero-order chi connectivity index (χ0) is 19.5. The van der Waals surface area contributed by atoms with E-state index in [-0.39, 0.29) is 11.9 Å². The summed E-state index contributed by atoms with van der Waals surface area (Å²) in [5.41, 5.74) is 3.65. The molecule has 2 aliphatic rings. The first-order chi connectivity index (χ1) is 13.6. The molecule has 2 aromatic rings. The second kappa shape index (κ2) is 8.45. The zero-order valence-corrected chi connectivity index (χ0v) is 16.9. The third kappa shape index (κ3) is 4.28. The van der Waals surface area contributed by atoms with Crippen molar-refractivity contribution in [2.45, 2.75) is 38.8 Å². The van der Waals surface area contributed by atoms with Gasteiger partial charge in [-0.2, -0.15) is 0 Å². The lowest BCUT2D eigenvalue weighted by Gasteiger charge is -2.37. The van der Waals surface area contributed by atoms with Crippen LogP contribution in [0.5, 0.6) is 0 Å². The molecule has 1 atom stereocenters. The van der Waals surface area contributed by atoms with Crippen LogP contribution in [-0.4, -0.2) is 65.5 Å². The standard InChI is InChI=1S/C22H30N4O2/c1-17-14-19(28-23-17)15-25-10-12-26(13-11-25)16-22(27)24(2)21-9-5-7-18-6-3-4-8-20(18)21/h3-4,6,8,14,21H,5,7,9-13,15-16H2,1-2H3. The van der Waals surface area contributed by atoms with E-state index in [1.54, 1.807) is 0 Å². The van der Waals surface area contributed by atoms with Crippen molar-refractivity contribution in [3.8, 4) is 0 Å². The number of hydrogen-bond acceptors (Lipinski definition) is 5. The Morgan fingerprint density at radius 1 is 1.21 bits per heavy atom. The summed E-state index contributed by atoms with van der Waals surface area (Å²) < 4.78 is 5.32. The predicted octanol–water partition coefficient (Wildman–Crippen LogP) is 2.64. The molecule has 0 saturated carbocycles. The van der Waals surface area contributed by atoms with E-state index in [2.05, 4.69) is 39.2 Å². The number of rotatable bonds is 5. The van der Waals surface area contributed by atoms with Gasteiger partial charge in [-0.3, -0.25) is 14.6 Å². The second-order valence-electron chi connectivity index (χ2n) is 8.10. The lowest BCUT2D eigenvalue weighted by Crippen LogP contribution is -2.49. The zero-order valence-electron chi connectivity index (χ0n) is 16.9. The van der Waals surface area contributed by atoms with Gasteiger partial charge in [0.25, 0.3) is 0 Å². The van der Waals surface area contributed by atoms with E-state index < -0.39 is 0 Å². The molecule has 6 heteroatoms. The van der Waals surface area contributed by atoms with Crippen molar-refractivity contribution in [2.24, 2.45) is 0 Å². The maximum absolute atomic E-state index is 12.9. The van der Waals surface area contributed by atoms with E-state index in [0.29, 0.717) is 6.54 Å². The van der Waals surface area contributed by atoms with E-state index in [1.807, 2.05) is 24.9 Å². The number of carbonyl (C=O) groups is 1. The van der Waals surface area contributed by atoms with E-state index >= 15 is 0 Å². The van der Waals surface area contributed by atoms with Crippen molar-refractivity contribution < 1.29 is 9.32 Å². The number of aromatic nitrogens is 1. The van der Waals surface area contributed by atoms with Crippen LogP contribution in [0.15, 0.2) is 34.9 Å². The molecule has 0 N–H and O–H groups in total. The Bertz CT molecular complexity index is 810. The van der Waals surface area contributed by atoms with Crippen molar-refractivity contribution >= 4 is 5.91 Å². The maximum Gasteiger partial charge on any atom is 0.237 e. The van der Waals surface area contributed by atoms with Crippen LogP contribution >= 0.6 is 0 Å². The highest BCUT2D eigenvalue weighted by molar-refractivity contribution is 5.78. The molecule has 1 saturated heterocycles. The molecule has 4 rings (SSSR count). The van der Waals surface area contributed by atoms with Crippen LogP contribution in [0.1, 0.15) is 41.5 Å². The number of likely N-dealkylation sites (N-methyl/N-ethyl adjacent to an activating group) is 1. The van der Waals surface area contributed by atoms with Gasteiger partial charge in [0, 0.05) is 39.3 Å². The van der Waals surface area contributed by atoms with Crippen molar-refractivity contribution in [3.05, 3.63) is 52.9 Å². The molecule has 1 aromatic heterocycles. The van der Waals surface area contributed by atoms with Crippen molar-refractivity contribution in [2.75, 3.05) is 39.8 Å². The minimum atomic E-state index is 0.216. The Balaban J connectivity index is 1.29. The largest absolute Gasteiger partial charge is 0.360 e. The first-order valence-electron chi connectivity index (χ1n) is 10.3. The van der Waals surface area contributed by atoms with Crippen LogP contribution in [0.3, 0.4) is 0 Å². The monoisotopic (exact) mass is 382 g/mol. The number of nitrogens with zero attached hydrogens (tertiary/aromatic N) is 4. The van der Waals surface area contributed by atoms with Crippen molar-refractivity contribution in [1.29, 1.82) is 0 Å². The first kappa shape index (κ1) is 19.2. The third-order valence-electron chi connectivity index (χ3n) is 6.08. The highest BCUT2D eigenvalue weighted by atomic mass is 16.5. The molecule has 1 aromatic carbocycles. The Kier molecular flexibility index (Phi) is 5.78. The normalized spacial score (nSPS) is 20.7. The molecule has 1 amide bonds. The lowest BCUT2D eigenvalue weighted by atomic mass is 9.87. The highest BCUT2D eigenvalue weighted by Crippen LogP contribution is 2.33. The van der Waals surface area contributed by atoms with Gasteiger partial charge in [-0.25, -0.2) is 0 Å². The summed E-state index contributed by atoms with van der Waals surface area (Å²) in [7, 11) is 1.97. The fraction of sp³-hybridized carbons (Fsp3) is 0.545. The summed E-state index contributed by atoms with van der Waals surface area (Å²) >= 11 is 0. The number of piperazine rings is 1. The quantitative estimate of drug-likeness (QED) is 0.796. The van der Waals surface area contributed by atoms with Gasteiger partial charge in [0.2, 0.25) is 5.91 Å². The fourth-order valence-corrected chi connectivity index (χ4v) is 4.42. The van der Waals surface area contributed by atoms with Gasteiger partial charge in [-0.15, -0.1) is 0 Å². The molecule has 1 aliphatic carbocycles. The minimum absolute atomic E-state index is 0.216. The number of carbonyl (C=O) groups excluding carboxylic acids is 1. The predicted molar refractivity (Wildman–Crippen MR) is 108 cm³/mol. The number of hydrogen-bond donors (Lipinski definition) is 0. The van der Waals surface area contributed by atoms with Crippen LogP contribution in [0.4, 0.5) is 0 Å². The van der Waals surface area contributed by atoms with Crippen molar-refractivity contribution in [3.63, 3.8) is 0 Å². The maximum atomic E-state index is 12.9. The molecule has 1 unspecified atom stereocenters. The van der Waals surface area contributed by atoms with Gasteiger partial charge in [0.1, 0.15) is 0 Å². The Morgan fingerprint density at radius 3 is 2.71 bits per heavy atom. The number of benzene rings is 1. The molecule has 0 bridgehead atoms. The average Bonchev–Trinajstić information content (AvgIpc) is 3.13. The van der Waals surface area contributed by atoms with Crippen LogP contribution in [-0.2, 0) is 17.8 Å². The summed E-state index contributed by atoms with van der Waals surface area (Å²) in [6, 6.07) is 10.8. The molecule has 150 valence electrons. The van der Waals surface area contributed by atoms with E-state index in [4.69, 9.17) is 4.52 Å². The summed E-state index contributed by atoms with van der Waals surface area (Å²) in [6.45, 7) is 6.96. The molecule has 28 heavy (non-hydrogen) atoms. The molecule has 6 nitrogen and oxygen atoms in total. The van der Waals surface area contributed by atoms with Gasteiger partial charge in [0.05, 0.1) is 24.8 Å². The van der Waals surface area contributed by atoms with Crippen LogP contribution < -0.4 is 0 Å². The Labute approximate surface area is 167 Å². The Hall–Kier alpha value is -2.18. The molecule has 1 fully saturated rings. The van der Waals surface area contributed by atoms with Crippen molar-refractivity contribution in [1.82, 2.24) is 19.9 Å². The van der Waals surface area contributed by atoms with E-state index in [1.165, 1.54) is 11.1 Å². The van der Waals surface area contributed by atoms with E-state index in [0.717, 1.165) is 63.4 Å². The van der Waals surface area contributed by atoms with Crippen LogP contribution in [0, 0.1) is 6.92 Å². The summed E-state index contributed by atoms with van der Waals surface area (Å²) in [5, 5.41) is 3.95. The summed E-state index contributed by atoms with van der Waals surface area (Å²) in [6.07, 6.45) is 3.34.